The number of allylic oxidation sites excluding steroid dienone is 2. The molecule has 2 nitrogen and oxygen atoms in total. The van der Waals surface area contributed by atoms with Crippen LogP contribution in [-0.4, -0.2) is 19.0 Å². The predicted octanol–water partition coefficient (Wildman–Crippen LogP) is 6.25. The van der Waals surface area contributed by atoms with Crippen LogP contribution < -0.4 is 0 Å². The minimum Gasteiger partial charge on any atom is -0.353 e. The highest BCUT2D eigenvalue weighted by Crippen LogP contribution is 2.65. The van der Waals surface area contributed by atoms with Crippen molar-refractivity contribution in [3.05, 3.63) is 11.6 Å². The Kier molecular flexibility index (Phi) is 4.52. The van der Waals surface area contributed by atoms with Gasteiger partial charge in [0.2, 0.25) is 0 Å². The predicted molar refractivity (Wildman–Crippen MR) is 105 cm³/mol. The van der Waals surface area contributed by atoms with E-state index in [0.717, 1.165) is 30.8 Å². The van der Waals surface area contributed by atoms with Gasteiger partial charge in [-0.15, -0.1) is 0 Å². The molecule has 5 aliphatic rings. The molecule has 1 aliphatic heterocycles. The van der Waals surface area contributed by atoms with E-state index in [-0.39, 0.29) is 6.29 Å². The summed E-state index contributed by atoms with van der Waals surface area (Å²) in [7, 11) is 0. The van der Waals surface area contributed by atoms with Crippen LogP contribution in [0.2, 0.25) is 0 Å². The summed E-state index contributed by atoms with van der Waals surface area (Å²) < 4.78 is 12.5. The van der Waals surface area contributed by atoms with E-state index in [1.807, 2.05) is 5.57 Å². The third-order valence-corrected chi connectivity index (χ3v) is 9.39. The quantitative estimate of drug-likeness (QED) is 0.543. The van der Waals surface area contributed by atoms with Crippen molar-refractivity contribution in [1.29, 1.82) is 0 Å². The Morgan fingerprint density at radius 3 is 2.73 bits per heavy atom. The summed E-state index contributed by atoms with van der Waals surface area (Å²) >= 11 is 0. The molecule has 0 radical (unpaired) electrons. The molecule has 0 spiro atoms. The lowest BCUT2D eigenvalue weighted by Crippen LogP contribution is -2.51. The Morgan fingerprint density at radius 1 is 0.962 bits per heavy atom. The average Bonchev–Trinajstić information content (AvgIpc) is 2.98. The molecule has 0 bridgehead atoms. The van der Waals surface area contributed by atoms with Gasteiger partial charge in [0.05, 0.1) is 6.10 Å². The molecule has 0 amide bonds. The monoisotopic (exact) mass is 358 g/mol. The summed E-state index contributed by atoms with van der Waals surface area (Å²) in [5.74, 6) is 2.76. The molecule has 1 heterocycles. The lowest BCUT2D eigenvalue weighted by molar-refractivity contribution is -0.215. The second kappa shape index (κ2) is 6.62. The number of hydrogen-bond acceptors (Lipinski definition) is 2. The fraction of sp³-hybridized carbons (Fsp3) is 0.917. The first-order valence-electron chi connectivity index (χ1n) is 11.6. The SMILES string of the molecule is C[C@]12CC[C@H]3[C@@H](CCC4=CCCC[C@@]43C)[C@@H]1CC[C@@H]2OC1CCCCO1. The van der Waals surface area contributed by atoms with Crippen LogP contribution >= 0.6 is 0 Å². The lowest BCUT2D eigenvalue weighted by Gasteiger charge is -2.58. The van der Waals surface area contributed by atoms with Gasteiger partial charge in [0.1, 0.15) is 0 Å². The molecule has 0 aromatic carbocycles. The Morgan fingerprint density at radius 2 is 1.88 bits per heavy atom. The minimum atomic E-state index is 0.0822. The van der Waals surface area contributed by atoms with Crippen molar-refractivity contribution in [2.24, 2.45) is 28.6 Å². The molecular formula is C24H38O2. The molecule has 4 fully saturated rings. The van der Waals surface area contributed by atoms with Crippen molar-refractivity contribution in [1.82, 2.24) is 0 Å². The largest absolute Gasteiger partial charge is 0.353 e. The number of hydrogen-bond donors (Lipinski definition) is 0. The Labute approximate surface area is 160 Å². The van der Waals surface area contributed by atoms with Gasteiger partial charge >= 0.3 is 0 Å². The molecule has 0 N–H and O–H groups in total. The van der Waals surface area contributed by atoms with Crippen molar-refractivity contribution >= 4 is 0 Å². The van der Waals surface area contributed by atoms with Crippen LogP contribution in [0.25, 0.3) is 0 Å². The molecule has 4 aliphatic carbocycles. The van der Waals surface area contributed by atoms with Crippen molar-refractivity contribution in [2.45, 2.75) is 103 Å². The maximum Gasteiger partial charge on any atom is 0.157 e. The summed E-state index contributed by atoms with van der Waals surface area (Å²) in [6.45, 7) is 6.09. The molecular weight excluding hydrogens is 320 g/mol. The molecule has 7 atom stereocenters. The zero-order chi connectivity index (χ0) is 17.8. The molecule has 3 saturated carbocycles. The Bertz CT molecular complexity index is 563. The van der Waals surface area contributed by atoms with Crippen LogP contribution in [0.5, 0.6) is 0 Å². The van der Waals surface area contributed by atoms with Crippen LogP contribution in [0.3, 0.4) is 0 Å². The van der Waals surface area contributed by atoms with E-state index in [9.17, 15) is 0 Å². The zero-order valence-corrected chi connectivity index (χ0v) is 17.0. The van der Waals surface area contributed by atoms with Gasteiger partial charge in [-0.25, -0.2) is 0 Å². The Hall–Kier alpha value is -0.340. The van der Waals surface area contributed by atoms with E-state index >= 15 is 0 Å². The fourth-order valence-corrected chi connectivity index (χ4v) is 7.93. The van der Waals surface area contributed by atoms with E-state index in [2.05, 4.69) is 19.9 Å². The van der Waals surface area contributed by atoms with E-state index in [0.29, 0.717) is 16.9 Å². The highest BCUT2D eigenvalue weighted by Gasteiger charge is 2.59. The fourth-order valence-electron chi connectivity index (χ4n) is 7.93. The molecule has 26 heavy (non-hydrogen) atoms. The maximum absolute atomic E-state index is 6.60. The highest BCUT2D eigenvalue weighted by molar-refractivity contribution is 5.23. The standard InChI is InChI=1S/C24H38O2/c1-23-14-5-3-7-17(23)9-10-18-19-11-12-21(24(19,2)15-13-20(18)23)26-22-8-4-6-16-25-22/h7,18-22H,3-6,8-16H2,1-2H3/t18-,19-,20-,21-,22?,23-,24-/m0/s1. The number of ether oxygens (including phenoxy) is 2. The van der Waals surface area contributed by atoms with Gasteiger partial charge < -0.3 is 9.47 Å². The smallest absolute Gasteiger partial charge is 0.157 e. The van der Waals surface area contributed by atoms with Crippen molar-refractivity contribution in [3.8, 4) is 0 Å². The number of rotatable bonds is 2. The molecule has 146 valence electrons. The van der Waals surface area contributed by atoms with Crippen LogP contribution in [0, 0.1) is 28.6 Å². The van der Waals surface area contributed by atoms with Gasteiger partial charge in [0.25, 0.3) is 0 Å². The van der Waals surface area contributed by atoms with Gasteiger partial charge in [-0.1, -0.05) is 25.5 Å². The third-order valence-electron chi connectivity index (χ3n) is 9.39. The van der Waals surface area contributed by atoms with Crippen molar-refractivity contribution in [2.75, 3.05) is 6.61 Å². The summed E-state index contributed by atoms with van der Waals surface area (Å²) in [4.78, 5) is 0. The van der Waals surface area contributed by atoms with Gasteiger partial charge in [-0.2, -0.15) is 0 Å². The van der Waals surface area contributed by atoms with E-state index in [1.165, 1.54) is 70.6 Å². The number of fused-ring (bicyclic) bond motifs is 5. The molecule has 1 saturated heterocycles. The summed E-state index contributed by atoms with van der Waals surface area (Å²) in [5.41, 5.74) is 2.75. The summed E-state index contributed by atoms with van der Waals surface area (Å²) in [6, 6.07) is 0. The van der Waals surface area contributed by atoms with Crippen LogP contribution in [0.4, 0.5) is 0 Å². The molecule has 1 unspecified atom stereocenters. The van der Waals surface area contributed by atoms with E-state index < -0.39 is 0 Å². The first kappa shape index (κ1) is 17.7. The van der Waals surface area contributed by atoms with Crippen molar-refractivity contribution < 1.29 is 9.47 Å². The lowest BCUT2D eigenvalue weighted by atomic mass is 9.47. The molecule has 5 rings (SSSR count). The van der Waals surface area contributed by atoms with Crippen molar-refractivity contribution in [3.63, 3.8) is 0 Å². The maximum atomic E-state index is 6.60. The molecule has 0 aromatic heterocycles. The Balaban J connectivity index is 1.35. The first-order chi connectivity index (χ1) is 12.6. The van der Waals surface area contributed by atoms with Gasteiger partial charge in [-0.05, 0) is 106 Å². The highest BCUT2D eigenvalue weighted by atomic mass is 16.7. The van der Waals surface area contributed by atoms with Gasteiger partial charge in [-0.3, -0.25) is 0 Å². The van der Waals surface area contributed by atoms with Crippen LogP contribution in [-0.2, 0) is 9.47 Å². The normalized spacial score (nSPS) is 51.2. The van der Waals surface area contributed by atoms with Gasteiger partial charge in [0, 0.05) is 6.61 Å². The second-order valence-corrected chi connectivity index (χ2v) is 10.5. The molecule has 0 aromatic rings. The zero-order valence-electron chi connectivity index (χ0n) is 17.0. The minimum absolute atomic E-state index is 0.0822. The summed E-state index contributed by atoms with van der Waals surface area (Å²) in [6.07, 6.45) is 19.2. The van der Waals surface area contributed by atoms with E-state index in [1.54, 1.807) is 0 Å². The second-order valence-electron chi connectivity index (χ2n) is 10.5. The first-order valence-corrected chi connectivity index (χ1v) is 11.6. The van der Waals surface area contributed by atoms with E-state index in [4.69, 9.17) is 9.47 Å². The average molecular weight is 359 g/mol. The van der Waals surface area contributed by atoms with Crippen LogP contribution in [0.15, 0.2) is 11.6 Å². The van der Waals surface area contributed by atoms with Crippen LogP contribution in [0.1, 0.15) is 90.9 Å². The third kappa shape index (κ3) is 2.65. The molecule has 2 heteroatoms. The summed E-state index contributed by atoms with van der Waals surface area (Å²) in [5, 5.41) is 0. The topological polar surface area (TPSA) is 18.5 Å². The van der Waals surface area contributed by atoms with Gasteiger partial charge in [0.15, 0.2) is 6.29 Å².